The molecule has 0 aromatic carbocycles. The summed E-state index contributed by atoms with van der Waals surface area (Å²) in [5, 5.41) is 11.1. The number of hydrogen-bond donors (Lipinski definition) is 2. The van der Waals surface area contributed by atoms with Crippen LogP contribution < -0.4 is 5.32 Å². The first-order chi connectivity index (χ1) is 7.54. The van der Waals surface area contributed by atoms with Crippen molar-refractivity contribution in [3.05, 3.63) is 0 Å². The first-order valence-electron chi connectivity index (χ1n) is 5.34. The third-order valence-electron chi connectivity index (χ3n) is 2.58. The minimum atomic E-state index is -0.929. The maximum atomic E-state index is 11.9. The van der Waals surface area contributed by atoms with E-state index >= 15 is 0 Å². The molecule has 0 unspecified atom stereocenters. The van der Waals surface area contributed by atoms with Crippen LogP contribution in [0.3, 0.4) is 0 Å². The highest BCUT2D eigenvalue weighted by atomic mass is 16.4. The Balaban J connectivity index is 2.48. The number of amides is 2. The molecule has 0 aromatic heterocycles. The minimum Gasteiger partial charge on any atom is -0.481 e. The molecule has 1 atom stereocenters. The molecule has 1 heterocycles. The highest BCUT2D eigenvalue weighted by Gasteiger charge is 2.30. The van der Waals surface area contributed by atoms with Crippen LogP contribution in [0.2, 0.25) is 0 Å². The zero-order valence-electron chi connectivity index (χ0n) is 9.23. The summed E-state index contributed by atoms with van der Waals surface area (Å²) in [6, 6.07) is -0.471. The van der Waals surface area contributed by atoms with Gasteiger partial charge in [-0.15, -0.1) is 0 Å². The Morgan fingerprint density at radius 1 is 1.56 bits per heavy atom. The highest BCUT2D eigenvalue weighted by molar-refractivity contribution is 5.90. The zero-order valence-corrected chi connectivity index (χ0v) is 9.23. The van der Waals surface area contributed by atoms with Crippen molar-refractivity contribution in [2.45, 2.75) is 32.2 Å². The lowest BCUT2D eigenvalue weighted by atomic mass is 10.2. The number of aliphatic carboxylic acids is 1. The third-order valence-corrected chi connectivity index (χ3v) is 2.58. The normalized spacial score (nSPS) is 19.3. The van der Waals surface area contributed by atoms with Gasteiger partial charge in [-0.2, -0.15) is 0 Å². The van der Waals surface area contributed by atoms with Crippen molar-refractivity contribution in [1.29, 1.82) is 0 Å². The average Bonchev–Trinajstić information content (AvgIpc) is 2.65. The molecule has 0 aromatic rings. The van der Waals surface area contributed by atoms with E-state index in [1.54, 1.807) is 6.92 Å². The van der Waals surface area contributed by atoms with Crippen LogP contribution in [0.1, 0.15) is 26.2 Å². The molecule has 1 saturated heterocycles. The van der Waals surface area contributed by atoms with Crippen LogP contribution in [0.25, 0.3) is 0 Å². The van der Waals surface area contributed by atoms with E-state index in [2.05, 4.69) is 5.32 Å². The summed E-state index contributed by atoms with van der Waals surface area (Å²) in [5.41, 5.74) is 0. The molecule has 90 valence electrons. The number of nitrogens with one attached hydrogen (secondary N) is 1. The standard InChI is InChI=1S/C10H16N2O4/c1-2-12(6-5-9(14)15)10(16)7-3-4-8(13)11-7/h7H,2-6H2,1H3,(H,11,13)(H,14,15)/t7-/m0/s1. The molecule has 1 rings (SSSR count). The summed E-state index contributed by atoms with van der Waals surface area (Å²) in [5.74, 6) is -1.23. The molecule has 0 bridgehead atoms. The molecule has 2 amide bonds. The van der Waals surface area contributed by atoms with Crippen LogP contribution in [0, 0.1) is 0 Å². The molecule has 1 fully saturated rings. The Kier molecular flexibility index (Phi) is 4.28. The lowest BCUT2D eigenvalue weighted by Gasteiger charge is -2.23. The fraction of sp³-hybridized carbons (Fsp3) is 0.700. The first-order valence-corrected chi connectivity index (χ1v) is 5.34. The molecular formula is C10H16N2O4. The van der Waals surface area contributed by atoms with Crippen LogP contribution in [0.5, 0.6) is 0 Å². The van der Waals surface area contributed by atoms with Crippen LogP contribution >= 0.6 is 0 Å². The van der Waals surface area contributed by atoms with E-state index in [0.717, 1.165) is 0 Å². The Morgan fingerprint density at radius 2 is 2.25 bits per heavy atom. The minimum absolute atomic E-state index is 0.0692. The Hall–Kier alpha value is -1.59. The highest BCUT2D eigenvalue weighted by Crippen LogP contribution is 2.10. The summed E-state index contributed by atoms with van der Waals surface area (Å²) in [6.45, 7) is 2.44. The molecule has 6 heteroatoms. The van der Waals surface area contributed by atoms with E-state index in [1.807, 2.05) is 0 Å². The van der Waals surface area contributed by atoms with Gasteiger partial charge in [0.05, 0.1) is 6.42 Å². The Morgan fingerprint density at radius 3 is 2.69 bits per heavy atom. The number of likely N-dealkylation sites (N-methyl/N-ethyl adjacent to an activating group) is 1. The first kappa shape index (κ1) is 12.5. The molecule has 16 heavy (non-hydrogen) atoms. The van der Waals surface area contributed by atoms with Crippen molar-refractivity contribution >= 4 is 17.8 Å². The predicted octanol–water partition coefficient (Wildman–Crippen LogP) is -0.412. The summed E-state index contributed by atoms with van der Waals surface area (Å²) in [7, 11) is 0. The molecule has 2 N–H and O–H groups in total. The Labute approximate surface area is 93.6 Å². The van der Waals surface area contributed by atoms with Crippen molar-refractivity contribution in [2.24, 2.45) is 0 Å². The molecule has 6 nitrogen and oxygen atoms in total. The van der Waals surface area contributed by atoms with Gasteiger partial charge in [0.25, 0.3) is 0 Å². The van der Waals surface area contributed by atoms with Crippen LogP contribution in [-0.2, 0) is 14.4 Å². The lowest BCUT2D eigenvalue weighted by molar-refractivity contribution is -0.139. The predicted molar refractivity (Wildman–Crippen MR) is 55.7 cm³/mol. The van der Waals surface area contributed by atoms with Gasteiger partial charge in [-0.1, -0.05) is 0 Å². The van der Waals surface area contributed by atoms with Crippen LogP contribution in [0.4, 0.5) is 0 Å². The third kappa shape index (κ3) is 3.22. The molecular weight excluding hydrogens is 212 g/mol. The van der Waals surface area contributed by atoms with Crippen molar-refractivity contribution in [1.82, 2.24) is 10.2 Å². The van der Waals surface area contributed by atoms with Gasteiger partial charge in [-0.05, 0) is 13.3 Å². The Bertz CT molecular complexity index is 303. The number of hydrogen-bond acceptors (Lipinski definition) is 3. The van der Waals surface area contributed by atoms with Gasteiger partial charge in [0.1, 0.15) is 6.04 Å². The molecule has 1 aliphatic rings. The zero-order chi connectivity index (χ0) is 12.1. The maximum Gasteiger partial charge on any atom is 0.305 e. The molecule has 0 spiro atoms. The van der Waals surface area contributed by atoms with Crippen molar-refractivity contribution in [3.63, 3.8) is 0 Å². The van der Waals surface area contributed by atoms with E-state index in [0.29, 0.717) is 19.4 Å². The van der Waals surface area contributed by atoms with Gasteiger partial charge in [0, 0.05) is 19.5 Å². The van der Waals surface area contributed by atoms with Crippen LogP contribution in [-0.4, -0.2) is 46.9 Å². The second-order valence-electron chi connectivity index (χ2n) is 3.72. The van der Waals surface area contributed by atoms with E-state index < -0.39 is 12.0 Å². The van der Waals surface area contributed by atoms with Gasteiger partial charge in [-0.25, -0.2) is 0 Å². The van der Waals surface area contributed by atoms with Gasteiger partial charge in [-0.3, -0.25) is 14.4 Å². The van der Waals surface area contributed by atoms with E-state index in [4.69, 9.17) is 5.11 Å². The van der Waals surface area contributed by atoms with E-state index in [-0.39, 0.29) is 24.8 Å². The quantitative estimate of drug-likeness (QED) is 0.669. The number of carboxylic acid groups (broad SMARTS) is 1. The second kappa shape index (κ2) is 5.48. The lowest BCUT2D eigenvalue weighted by Crippen LogP contribution is -2.45. The van der Waals surface area contributed by atoms with E-state index in [9.17, 15) is 14.4 Å². The second-order valence-corrected chi connectivity index (χ2v) is 3.72. The summed E-state index contributed by atoms with van der Waals surface area (Å²) in [4.78, 5) is 34.7. The smallest absolute Gasteiger partial charge is 0.305 e. The van der Waals surface area contributed by atoms with Gasteiger partial charge < -0.3 is 15.3 Å². The summed E-state index contributed by atoms with van der Waals surface area (Å²) >= 11 is 0. The summed E-state index contributed by atoms with van der Waals surface area (Å²) < 4.78 is 0. The van der Waals surface area contributed by atoms with Gasteiger partial charge >= 0.3 is 5.97 Å². The number of rotatable bonds is 5. The number of nitrogens with zero attached hydrogens (tertiary/aromatic N) is 1. The molecule has 0 aliphatic carbocycles. The fourth-order valence-corrected chi connectivity index (χ4v) is 1.67. The number of carboxylic acids is 1. The van der Waals surface area contributed by atoms with Gasteiger partial charge in [0.15, 0.2) is 0 Å². The molecule has 0 saturated carbocycles. The SMILES string of the molecule is CCN(CCC(=O)O)C(=O)[C@@H]1CCC(=O)N1. The van der Waals surface area contributed by atoms with Crippen molar-refractivity contribution in [3.8, 4) is 0 Å². The number of carbonyl (C=O) groups is 3. The van der Waals surface area contributed by atoms with Crippen molar-refractivity contribution in [2.75, 3.05) is 13.1 Å². The van der Waals surface area contributed by atoms with Crippen molar-refractivity contribution < 1.29 is 19.5 Å². The van der Waals surface area contributed by atoms with Crippen LogP contribution in [0.15, 0.2) is 0 Å². The largest absolute Gasteiger partial charge is 0.481 e. The maximum absolute atomic E-state index is 11.9. The number of carbonyl (C=O) groups excluding carboxylic acids is 2. The average molecular weight is 228 g/mol. The summed E-state index contributed by atoms with van der Waals surface area (Å²) in [6.07, 6.45) is 0.800. The molecule has 0 radical (unpaired) electrons. The molecule has 1 aliphatic heterocycles. The topological polar surface area (TPSA) is 86.7 Å². The monoisotopic (exact) mass is 228 g/mol. The van der Waals surface area contributed by atoms with Gasteiger partial charge in [0.2, 0.25) is 11.8 Å². The van der Waals surface area contributed by atoms with E-state index in [1.165, 1.54) is 4.90 Å². The fourth-order valence-electron chi connectivity index (χ4n) is 1.67.